The lowest BCUT2D eigenvalue weighted by Crippen LogP contribution is -2.50. The molecule has 0 atom stereocenters. The molecule has 1 aliphatic rings. The number of anilines is 4. The minimum absolute atomic E-state index is 0.0559. The van der Waals surface area contributed by atoms with Crippen LogP contribution < -0.4 is 15.5 Å². The maximum Gasteiger partial charge on any atom is 0.238 e. The molecule has 10 heteroatoms. The van der Waals surface area contributed by atoms with Crippen LogP contribution in [0.15, 0.2) is 60.8 Å². The van der Waals surface area contributed by atoms with Crippen LogP contribution in [0.3, 0.4) is 0 Å². The number of hydrogen-bond acceptors (Lipinski definition) is 8. The number of likely N-dealkylation sites (N-methyl/N-ethyl adjacent to an activating group) is 2. The third-order valence-corrected chi connectivity index (χ3v) is 6.15. The molecular formula is C28H36N8O2. The van der Waals surface area contributed by atoms with Crippen molar-refractivity contribution in [3.05, 3.63) is 60.8 Å². The Labute approximate surface area is 224 Å². The maximum absolute atomic E-state index is 12.3. The van der Waals surface area contributed by atoms with E-state index >= 15 is 0 Å². The lowest BCUT2D eigenvalue weighted by atomic mass is 10.1. The Kier molecular flexibility index (Phi) is 8.88. The van der Waals surface area contributed by atoms with Gasteiger partial charge in [-0.1, -0.05) is 12.1 Å². The molecule has 0 unspecified atom stereocenters. The second-order valence-electron chi connectivity index (χ2n) is 9.91. The van der Waals surface area contributed by atoms with Crippen LogP contribution in [0.4, 0.5) is 23.0 Å². The van der Waals surface area contributed by atoms with Gasteiger partial charge in [-0.2, -0.15) is 0 Å². The van der Waals surface area contributed by atoms with Crippen LogP contribution in [0.5, 0.6) is 0 Å². The third-order valence-electron chi connectivity index (χ3n) is 6.15. The van der Waals surface area contributed by atoms with Crippen LogP contribution >= 0.6 is 0 Å². The van der Waals surface area contributed by atoms with Gasteiger partial charge in [0.15, 0.2) is 0 Å². The molecule has 0 bridgehead atoms. The van der Waals surface area contributed by atoms with E-state index in [1.807, 2.05) is 85.4 Å². The van der Waals surface area contributed by atoms with Crippen LogP contribution in [0.25, 0.3) is 11.3 Å². The number of piperazine rings is 1. The molecule has 2 amide bonds. The molecular weight excluding hydrogens is 480 g/mol. The van der Waals surface area contributed by atoms with Gasteiger partial charge in [0.2, 0.25) is 17.8 Å². The average Bonchev–Trinajstić information content (AvgIpc) is 2.89. The predicted octanol–water partition coefficient (Wildman–Crippen LogP) is 2.60. The number of amides is 2. The fourth-order valence-electron chi connectivity index (χ4n) is 4.26. The first-order valence-corrected chi connectivity index (χ1v) is 12.7. The fourth-order valence-corrected chi connectivity index (χ4v) is 4.26. The molecule has 0 radical (unpaired) electrons. The van der Waals surface area contributed by atoms with Crippen LogP contribution in [0.2, 0.25) is 0 Å². The minimum Gasteiger partial charge on any atom is -0.368 e. The highest BCUT2D eigenvalue weighted by Crippen LogP contribution is 2.24. The summed E-state index contributed by atoms with van der Waals surface area (Å²) in [5.41, 5.74) is 4.48. The van der Waals surface area contributed by atoms with E-state index in [9.17, 15) is 9.59 Å². The molecule has 2 heterocycles. The van der Waals surface area contributed by atoms with E-state index in [0.29, 0.717) is 19.0 Å². The SMILES string of the molecule is CN(C)CC(=O)Nc1ccc(-c2ccnc(Nc3ccc(N4CCN(C(=O)CN(C)C)CC4)cc3)n2)cc1. The first-order chi connectivity index (χ1) is 18.3. The van der Waals surface area contributed by atoms with E-state index in [1.165, 1.54) is 0 Å². The lowest BCUT2D eigenvalue weighted by Gasteiger charge is -2.36. The number of carbonyl (C=O) groups is 2. The van der Waals surface area contributed by atoms with E-state index < -0.39 is 0 Å². The Morgan fingerprint density at radius 3 is 2.08 bits per heavy atom. The highest BCUT2D eigenvalue weighted by molar-refractivity contribution is 5.92. The summed E-state index contributed by atoms with van der Waals surface area (Å²) in [6.45, 7) is 3.88. The van der Waals surface area contributed by atoms with E-state index in [2.05, 4.69) is 37.6 Å². The number of aromatic nitrogens is 2. The fraction of sp³-hybridized carbons (Fsp3) is 0.357. The van der Waals surface area contributed by atoms with Gasteiger partial charge in [-0.05, 0) is 70.7 Å². The summed E-state index contributed by atoms with van der Waals surface area (Å²) in [6, 6.07) is 17.6. The molecule has 4 rings (SSSR count). The molecule has 3 aromatic rings. The van der Waals surface area contributed by atoms with Crippen molar-refractivity contribution in [2.24, 2.45) is 0 Å². The molecule has 2 aromatic carbocycles. The van der Waals surface area contributed by atoms with Gasteiger partial charge in [0.1, 0.15) is 0 Å². The summed E-state index contributed by atoms with van der Waals surface area (Å²) >= 11 is 0. The van der Waals surface area contributed by atoms with Gasteiger partial charge in [0, 0.05) is 55.0 Å². The summed E-state index contributed by atoms with van der Waals surface area (Å²) in [5, 5.41) is 6.17. The van der Waals surface area contributed by atoms with E-state index in [0.717, 1.165) is 54.5 Å². The zero-order chi connectivity index (χ0) is 27.1. The Hall–Kier alpha value is -4.02. The van der Waals surface area contributed by atoms with E-state index in [4.69, 9.17) is 0 Å². The summed E-state index contributed by atoms with van der Waals surface area (Å²) in [7, 11) is 7.55. The standard InChI is InChI=1S/C28H36N8O2/c1-33(2)19-26(37)30-22-7-5-21(6-8-22)25-13-14-29-28(32-25)31-23-9-11-24(12-10-23)35-15-17-36(18-16-35)27(38)20-34(3)4/h5-14H,15-20H2,1-4H3,(H,30,37)(H,29,31,32). The number of rotatable bonds is 9. The van der Waals surface area contributed by atoms with Gasteiger partial charge in [0.05, 0.1) is 18.8 Å². The molecule has 1 fully saturated rings. The van der Waals surface area contributed by atoms with Crippen molar-refractivity contribution in [3.8, 4) is 11.3 Å². The van der Waals surface area contributed by atoms with E-state index in [-0.39, 0.29) is 11.8 Å². The van der Waals surface area contributed by atoms with Gasteiger partial charge in [0.25, 0.3) is 0 Å². The molecule has 200 valence electrons. The largest absolute Gasteiger partial charge is 0.368 e. The first kappa shape index (κ1) is 27.0. The number of nitrogens with one attached hydrogen (secondary N) is 2. The first-order valence-electron chi connectivity index (χ1n) is 12.7. The van der Waals surface area contributed by atoms with Gasteiger partial charge in [-0.3, -0.25) is 9.59 Å². The third kappa shape index (κ3) is 7.50. The molecule has 0 spiro atoms. The van der Waals surface area contributed by atoms with Crippen LogP contribution in [-0.2, 0) is 9.59 Å². The monoisotopic (exact) mass is 516 g/mol. The van der Waals surface area contributed by atoms with Crippen molar-refractivity contribution < 1.29 is 9.59 Å². The second-order valence-corrected chi connectivity index (χ2v) is 9.91. The summed E-state index contributed by atoms with van der Waals surface area (Å²) < 4.78 is 0. The van der Waals surface area contributed by atoms with Crippen molar-refractivity contribution in [2.75, 3.05) is 83.0 Å². The van der Waals surface area contributed by atoms with Crippen molar-refractivity contribution in [1.82, 2.24) is 24.7 Å². The summed E-state index contributed by atoms with van der Waals surface area (Å²) in [4.78, 5) is 41.3. The van der Waals surface area contributed by atoms with Crippen LogP contribution in [-0.4, -0.2) is 104 Å². The van der Waals surface area contributed by atoms with Gasteiger partial charge < -0.3 is 30.2 Å². The summed E-state index contributed by atoms with van der Waals surface area (Å²) in [5.74, 6) is 0.630. The molecule has 10 nitrogen and oxygen atoms in total. The van der Waals surface area contributed by atoms with E-state index in [1.54, 1.807) is 6.20 Å². The minimum atomic E-state index is -0.0559. The molecule has 1 aromatic heterocycles. The molecule has 0 saturated carbocycles. The van der Waals surface area contributed by atoms with Gasteiger partial charge in [-0.25, -0.2) is 9.97 Å². The van der Waals surface area contributed by atoms with Crippen LogP contribution in [0, 0.1) is 0 Å². The normalized spacial score (nSPS) is 13.6. The average molecular weight is 517 g/mol. The molecule has 0 aliphatic carbocycles. The van der Waals surface area contributed by atoms with Crippen molar-refractivity contribution >= 4 is 34.8 Å². The number of carbonyl (C=O) groups excluding carboxylic acids is 2. The highest BCUT2D eigenvalue weighted by Gasteiger charge is 2.21. The Morgan fingerprint density at radius 1 is 0.816 bits per heavy atom. The zero-order valence-corrected chi connectivity index (χ0v) is 22.5. The lowest BCUT2D eigenvalue weighted by molar-refractivity contribution is -0.132. The molecule has 2 N–H and O–H groups in total. The van der Waals surface area contributed by atoms with Gasteiger partial charge in [-0.15, -0.1) is 0 Å². The summed E-state index contributed by atoms with van der Waals surface area (Å²) in [6.07, 6.45) is 1.73. The Bertz CT molecular complexity index is 1220. The smallest absolute Gasteiger partial charge is 0.238 e. The molecule has 1 aliphatic heterocycles. The van der Waals surface area contributed by atoms with Crippen molar-refractivity contribution in [1.29, 1.82) is 0 Å². The number of benzene rings is 2. The van der Waals surface area contributed by atoms with Crippen LogP contribution in [0.1, 0.15) is 0 Å². The topological polar surface area (TPSA) is 96.9 Å². The Balaban J connectivity index is 1.33. The van der Waals surface area contributed by atoms with Crippen molar-refractivity contribution in [3.63, 3.8) is 0 Å². The zero-order valence-electron chi connectivity index (χ0n) is 22.5. The van der Waals surface area contributed by atoms with Gasteiger partial charge >= 0.3 is 0 Å². The predicted molar refractivity (Wildman–Crippen MR) is 152 cm³/mol. The number of nitrogens with zero attached hydrogens (tertiary/aromatic N) is 6. The second kappa shape index (κ2) is 12.5. The quantitative estimate of drug-likeness (QED) is 0.448. The van der Waals surface area contributed by atoms with Crippen molar-refractivity contribution in [2.45, 2.75) is 0 Å². The maximum atomic E-state index is 12.3. The Morgan fingerprint density at radius 2 is 1.45 bits per heavy atom. The highest BCUT2D eigenvalue weighted by atomic mass is 16.2. The molecule has 38 heavy (non-hydrogen) atoms. The number of hydrogen-bond donors (Lipinski definition) is 2. The molecule has 1 saturated heterocycles.